The molecule has 0 aliphatic carbocycles. The van der Waals surface area contributed by atoms with Crippen molar-refractivity contribution in [3.8, 4) is 0 Å². The zero-order valence-corrected chi connectivity index (χ0v) is 11.2. The molecule has 0 aliphatic rings. The van der Waals surface area contributed by atoms with E-state index in [1.54, 1.807) is 11.8 Å². The van der Waals surface area contributed by atoms with Crippen molar-refractivity contribution in [1.29, 1.82) is 0 Å². The van der Waals surface area contributed by atoms with Crippen molar-refractivity contribution in [2.24, 2.45) is 0 Å². The van der Waals surface area contributed by atoms with Crippen LogP contribution in [-0.4, -0.2) is 5.11 Å². The first-order valence-electron chi connectivity index (χ1n) is 5.86. The molecular weight excluding hydrogens is 242 g/mol. The number of benzene rings is 2. The average molecular weight is 259 g/mol. The summed E-state index contributed by atoms with van der Waals surface area (Å²) in [5, 5.41) is 8.98. The van der Waals surface area contributed by atoms with Crippen molar-refractivity contribution >= 4 is 17.4 Å². The topological polar surface area (TPSA) is 46.2 Å². The van der Waals surface area contributed by atoms with Gasteiger partial charge < -0.3 is 10.8 Å². The summed E-state index contributed by atoms with van der Waals surface area (Å²) < 4.78 is 0. The molecule has 0 radical (unpaired) electrons. The van der Waals surface area contributed by atoms with Crippen molar-refractivity contribution in [3.05, 3.63) is 59.2 Å². The van der Waals surface area contributed by atoms with Gasteiger partial charge in [-0.15, -0.1) is 11.8 Å². The van der Waals surface area contributed by atoms with E-state index in [-0.39, 0.29) is 6.61 Å². The Morgan fingerprint density at radius 1 is 1.06 bits per heavy atom. The van der Waals surface area contributed by atoms with Crippen LogP contribution in [0.4, 0.5) is 5.69 Å². The van der Waals surface area contributed by atoms with Crippen molar-refractivity contribution in [2.75, 3.05) is 5.73 Å². The highest BCUT2D eigenvalue weighted by molar-refractivity contribution is 7.98. The summed E-state index contributed by atoms with van der Waals surface area (Å²) in [5.74, 6) is 0.927. The molecule has 0 aliphatic heterocycles. The average Bonchev–Trinajstić information content (AvgIpc) is 2.38. The largest absolute Gasteiger partial charge is 0.399 e. The second-order valence-electron chi connectivity index (χ2n) is 4.29. The molecule has 0 bridgehead atoms. The minimum atomic E-state index is 0.102. The highest BCUT2D eigenvalue weighted by Gasteiger charge is 2.01. The molecule has 0 amide bonds. The van der Waals surface area contributed by atoms with Gasteiger partial charge in [-0.25, -0.2) is 0 Å². The van der Waals surface area contributed by atoms with Crippen LogP contribution < -0.4 is 5.73 Å². The lowest BCUT2D eigenvalue weighted by molar-refractivity contribution is 0.282. The second kappa shape index (κ2) is 5.94. The summed E-state index contributed by atoms with van der Waals surface area (Å²) in [4.78, 5) is 1.26. The van der Waals surface area contributed by atoms with E-state index in [0.717, 1.165) is 17.0 Å². The molecule has 2 rings (SSSR count). The Bertz CT molecular complexity index is 523. The number of nitrogen functional groups attached to an aromatic ring is 1. The van der Waals surface area contributed by atoms with E-state index in [4.69, 9.17) is 10.8 Å². The van der Waals surface area contributed by atoms with Crippen LogP contribution in [0, 0.1) is 6.92 Å². The number of hydrogen-bond acceptors (Lipinski definition) is 3. The number of aliphatic hydroxyl groups excluding tert-OH is 1. The van der Waals surface area contributed by atoms with Gasteiger partial charge in [0.05, 0.1) is 6.61 Å². The summed E-state index contributed by atoms with van der Waals surface area (Å²) >= 11 is 1.80. The number of aliphatic hydroxyl groups is 1. The molecule has 0 atom stereocenters. The van der Waals surface area contributed by atoms with E-state index < -0.39 is 0 Å². The SMILES string of the molecule is Cc1cc(N)ccc1SCc1ccc(CO)cc1. The maximum atomic E-state index is 8.98. The Labute approximate surface area is 112 Å². The second-order valence-corrected chi connectivity index (χ2v) is 5.31. The third-order valence-corrected chi connectivity index (χ3v) is 4.05. The van der Waals surface area contributed by atoms with Gasteiger partial charge >= 0.3 is 0 Å². The molecule has 2 nitrogen and oxygen atoms in total. The predicted octanol–water partition coefficient (Wildman–Crippen LogP) is 3.36. The Morgan fingerprint density at radius 2 is 1.72 bits per heavy atom. The smallest absolute Gasteiger partial charge is 0.0681 e. The molecule has 2 aromatic carbocycles. The van der Waals surface area contributed by atoms with Gasteiger partial charge in [-0.1, -0.05) is 24.3 Å². The number of nitrogens with two attached hydrogens (primary N) is 1. The molecule has 18 heavy (non-hydrogen) atoms. The summed E-state index contributed by atoms with van der Waals surface area (Å²) in [6.07, 6.45) is 0. The molecule has 3 heteroatoms. The predicted molar refractivity (Wildman–Crippen MR) is 77.5 cm³/mol. The van der Waals surface area contributed by atoms with E-state index in [2.05, 4.69) is 25.1 Å². The summed E-state index contributed by atoms with van der Waals surface area (Å²) in [7, 11) is 0. The zero-order chi connectivity index (χ0) is 13.0. The molecule has 94 valence electrons. The van der Waals surface area contributed by atoms with Gasteiger partial charge in [0.15, 0.2) is 0 Å². The Kier molecular flexibility index (Phi) is 4.28. The van der Waals surface area contributed by atoms with Crippen LogP contribution >= 0.6 is 11.8 Å². The third kappa shape index (κ3) is 3.28. The highest BCUT2D eigenvalue weighted by Crippen LogP contribution is 2.27. The van der Waals surface area contributed by atoms with Gasteiger partial charge in [-0.2, -0.15) is 0 Å². The summed E-state index contributed by atoms with van der Waals surface area (Å²) in [6, 6.07) is 14.0. The van der Waals surface area contributed by atoms with E-state index in [1.165, 1.54) is 16.0 Å². The van der Waals surface area contributed by atoms with Gasteiger partial charge in [0.25, 0.3) is 0 Å². The maximum Gasteiger partial charge on any atom is 0.0681 e. The van der Waals surface area contributed by atoms with Crippen LogP contribution in [0.3, 0.4) is 0 Å². The van der Waals surface area contributed by atoms with Gasteiger partial charge in [0, 0.05) is 16.3 Å². The molecule has 0 spiro atoms. The van der Waals surface area contributed by atoms with Gasteiger partial charge in [0.1, 0.15) is 0 Å². The van der Waals surface area contributed by atoms with E-state index in [1.807, 2.05) is 24.3 Å². The van der Waals surface area contributed by atoms with Crippen LogP contribution in [0.5, 0.6) is 0 Å². The van der Waals surface area contributed by atoms with Gasteiger partial charge in [-0.05, 0) is 41.8 Å². The molecule has 3 N–H and O–H groups in total. The maximum absolute atomic E-state index is 8.98. The van der Waals surface area contributed by atoms with Crippen molar-refractivity contribution < 1.29 is 5.11 Å². The van der Waals surface area contributed by atoms with Crippen molar-refractivity contribution in [2.45, 2.75) is 24.2 Å². The van der Waals surface area contributed by atoms with E-state index in [0.29, 0.717) is 0 Å². The Hall–Kier alpha value is -1.45. The fourth-order valence-corrected chi connectivity index (χ4v) is 2.70. The number of hydrogen-bond donors (Lipinski definition) is 2. The van der Waals surface area contributed by atoms with E-state index >= 15 is 0 Å². The highest BCUT2D eigenvalue weighted by atomic mass is 32.2. The Morgan fingerprint density at radius 3 is 2.33 bits per heavy atom. The minimum Gasteiger partial charge on any atom is -0.399 e. The molecule has 0 aromatic heterocycles. The molecule has 0 saturated carbocycles. The monoisotopic (exact) mass is 259 g/mol. The summed E-state index contributed by atoms with van der Waals surface area (Å²) in [5.41, 5.74) is 9.97. The number of rotatable bonds is 4. The minimum absolute atomic E-state index is 0.102. The quantitative estimate of drug-likeness (QED) is 0.653. The third-order valence-electron chi connectivity index (χ3n) is 2.80. The first-order valence-corrected chi connectivity index (χ1v) is 6.85. The molecule has 0 fully saturated rings. The molecular formula is C15H17NOS. The molecule has 2 aromatic rings. The van der Waals surface area contributed by atoms with Crippen molar-refractivity contribution in [3.63, 3.8) is 0 Å². The standard InChI is InChI=1S/C15H17NOS/c1-11-8-14(16)6-7-15(11)18-10-13-4-2-12(9-17)3-5-13/h2-8,17H,9-10,16H2,1H3. The van der Waals surface area contributed by atoms with Crippen LogP contribution in [0.25, 0.3) is 0 Å². The molecule has 0 saturated heterocycles. The lowest BCUT2D eigenvalue weighted by Gasteiger charge is -2.07. The first-order chi connectivity index (χ1) is 8.69. The molecule has 0 unspecified atom stereocenters. The lowest BCUT2D eigenvalue weighted by Crippen LogP contribution is -1.88. The zero-order valence-electron chi connectivity index (χ0n) is 10.4. The fourth-order valence-electron chi connectivity index (χ4n) is 1.74. The molecule has 0 heterocycles. The number of anilines is 1. The van der Waals surface area contributed by atoms with Crippen LogP contribution in [0.1, 0.15) is 16.7 Å². The normalized spacial score (nSPS) is 10.6. The Balaban J connectivity index is 2.02. The van der Waals surface area contributed by atoms with Crippen LogP contribution in [0.15, 0.2) is 47.4 Å². The first kappa shape index (κ1) is 13.0. The van der Waals surface area contributed by atoms with E-state index in [9.17, 15) is 0 Å². The van der Waals surface area contributed by atoms with Gasteiger partial charge in [-0.3, -0.25) is 0 Å². The number of aryl methyl sites for hydroxylation is 1. The van der Waals surface area contributed by atoms with Crippen LogP contribution in [-0.2, 0) is 12.4 Å². The lowest BCUT2D eigenvalue weighted by atomic mass is 10.2. The number of thioether (sulfide) groups is 1. The van der Waals surface area contributed by atoms with Crippen molar-refractivity contribution in [1.82, 2.24) is 0 Å². The van der Waals surface area contributed by atoms with Crippen LogP contribution in [0.2, 0.25) is 0 Å². The van der Waals surface area contributed by atoms with Gasteiger partial charge in [0.2, 0.25) is 0 Å². The summed E-state index contributed by atoms with van der Waals surface area (Å²) in [6.45, 7) is 2.18. The fraction of sp³-hybridized carbons (Fsp3) is 0.200.